The summed E-state index contributed by atoms with van der Waals surface area (Å²) in [4.78, 5) is 0. The topological polar surface area (TPSA) is 42.7 Å². The number of aromatic nitrogens is 3. The lowest BCUT2D eigenvalue weighted by atomic mass is 10.1. The van der Waals surface area contributed by atoms with Crippen LogP contribution < -0.4 is 5.32 Å². The van der Waals surface area contributed by atoms with Crippen molar-refractivity contribution in [3.8, 4) is 0 Å². The van der Waals surface area contributed by atoms with Crippen LogP contribution in [0.4, 0.5) is 11.5 Å². The Kier molecular flexibility index (Phi) is 3.45. The second kappa shape index (κ2) is 5.64. The first kappa shape index (κ1) is 14.7. The van der Waals surface area contributed by atoms with Crippen LogP contribution in [0.3, 0.4) is 0 Å². The van der Waals surface area contributed by atoms with Gasteiger partial charge in [0, 0.05) is 33.5 Å². The third kappa shape index (κ3) is 2.40. The molecule has 0 atom stereocenters. The van der Waals surface area contributed by atoms with E-state index in [0.717, 1.165) is 17.2 Å². The molecular formula is C20H20N4. The lowest BCUT2D eigenvalue weighted by molar-refractivity contribution is 0.642. The van der Waals surface area contributed by atoms with Crippen LogP contribution in [0.5, 0.6) is 0 Å². The SMILES string of the molecule is Cc1ccc(Nc2ccc3c(c2)c2ccccc2n3C(C)C)nn1. The Morgan fingerprint density at radius 2 is 1.67 bits per heavy atom. The lowest BCUT2D eigenvalue weighted by Crippen LogP contribution is -2.00. The summed E-state index contributed by atoms with van der Waals surface area (Å²) in [7, 11) is 0. The van der Waals surface area contributed by atoms with Gasteiger partial charge in [0.25, 0.3) is 0 Å². The molecule has 0 radical (unpaired) electrons. The number of nitrogens with one attached hydrogen (secondary N) is 1. The van der Waals surface area contributed by atoms with Gasteiger partial charge in [0.2, 0.25) is 0 Å². The van der Waals surface area contributed by atoms with Crippen molar-refractivity contribution in [1.29, 1.82) is 0 Å². The van der Waals surface area contributed by atoms with Crippen molar-refractivity contribution in [3.05, 3.63) is 60.3 Å². The van der Waals surface area contributed by atoms with E-state index in [-0.39, 0.29) is 0 Å². The van der Waals surface area contributed by atoms with Gasteiger partial charge in [-0.05, 0) is 57.2 Å². The monoisotopic (exact) mass is 316 g/mol. The number of fused-ring (bicyclic) bond motifs is 3. The van der Waals surface area contributed by atoms with Crippen molar-refractivity contribution in [2.75, 3.05) is 5.32 Å². The summed E-state index contributed by atoms with van der Waals surface area (Å²) >= 11 is 0. The van der Waals surface area contributed by atoms with Crippen LogP contribution in [0.2, 0.25) is 0 Å². The molecule has 0 saturated heterocycles. The molecule has 0 fully saturated rings. The Bertz CT molecular complexity index is 1010. The fraction of sp³-hybridized carbons (Fsp3) is 0.200. The van der Waals surface area contributed by atoms with Gasteiger partial charge < -0.3 is 9.88 Å². The molecule has 2 heterocycles. The molecule has 0 aliphatic rings. The van der Waals surface area contributed by atoms with Crippen LogP contribution in [-0.2, 0) is 0 Å². The number of benzene rings is 2. The summed E-state index contributed by atoms with van der Waals surface area (Å²) in [6, 6.07) is 19.4. The van der Waals surface area contributed by atoms with Crippen molar-refractivity contribution in [2.45, 2.75) is 26.8 Å². The summed E-state index contributed by atoms with van der Waals surface area (Å²) in [5.41, 5.74) is 4.46. The van der Waals surface area contributed by atoms with Gasteiger partial charge in [0.15, 0.2) is 5.82 Å². The molecular weight excluding hydrogens is 296 g/mol. The molecule has 0 aliphatic carbocycles. The van der Waals surface area contributed by atoms with E-state index >= 15 is 0 Å². The maximum Gasteiger partial charge on any atom is 0.153 e. The smallest absolute Gasteiger partial charge is 0.153 e. The van der Waals surface area contributed by atoms with E-state index in [1.807, 2.05) is 19.1 Å². The average molecular weight is 316 g/mol. The first-order valence-electron chi connectivity index (χ1n) is 8.23. The molecule has 1 N–H and O–H groups in total. The van der Waals surface area contributed by atoms with E-state index in [1.54, 1.807) is 0 Å². The Morgan fingerprint density at radius 3 is 2.42 bits per heavy atom. The number of hydrogen-bond acceptors (Lipinski definition) is 3. The molecule has 0 spiro atoms. The normalized spacial score (nSPS) is 11.5. The minimum absolute atomic E-state index is 0.411. The number of rotatable bonds is 3. The predicted molar refractivity (Wildman–Crippen MR) is 99.9 cm³/mol. The van der Waals surface area contributed by atoms with Crippen molar-refractivity contribution in [3.63, 3.8) is 0 Å². The predicted octanol–water partition coefficient (Wildman–Crippen LogP) is 5.22. The van der Waals surface area contributed by atoms with Crippen LogP contribution in [-0.4, -0.2) is 14.8 Å². The van der Waals surface area contributed by atoms with Gasteiger partial charge in [0.05, 0.1) is 5.69 Å². The molecule has 0 bridgehead atoms. The van der Waals surface area contributed by atoms with E-state index in [4.69, 9.17) is 0 Å². The Balaban J connectivity index is 1.86. The summed E-state index contributed by atoms with van der Waals surface area (Å²) in [6.07, 6.45) is 0. The third-order valence-electron chi connectivity index (χ3n) is 4.30. The number of nitrogens with zero attached hydrogens (tertiary/aromatic N) is 3. The van der Waals surface area contributed by atoms with Gasteiger partial charge in [-0.2, -0.15) is 5.10 Å². The highest BCUT2D eigenvalue weighted by atomic mass is 15.2. The van der Waals surface area contributed by atoms with E-state index in [9.17, 15) is 0 Å². The van der Waals surface area contributed by atoms with E-state index < -0.39 is 0 Å². The fourth-order valence-corrected chi connectivity index (χ4v) is 3.25. The molecule has 0 unspecified atom stereocenters. The highest BCUT2D eigenvalue weighted by molar-refractivity contribution is 6.09. The number of anilines is 2. The maximum absolute atomic E-state index is 4.18. The molecule has 4 nitrogen and oxygen atoms in total. The number of aryl methyl sites for hydroxylation is 1. The van der Waals surface area contributed by atoms with Gasteiger partial charge in [-0.15, -0.1) is 5.10 Å². The molecule has 2 aromatic heterocycles. The van der Waals surface area contributed by atoms with Gasteiger partial charge in [-0.1, -0.05) is 18.2 Å². The summed E-state index contributed by atoms with van der Waals surface area (Å²) in [6.45, 7) is 6.38. The Morgan fingerprint density at radius 1 is 0.875 bits per heavy atom. The van der Waals surface area contributed by atoms with E-state index in [1.165, 1.54) is 21.8 Å². The van der Waals surface area contributed by atoms with Gasteiger partial charge >= 0.3 is 0 Å². The maximum atomic E-state index is 4.18. The van der Waals surface area contributed by atoms with Crippen molar-refractivity contribution in [1.82, 2.24) is 14.8 Å². The summed E-state index contributed by atoms with van der Waals surface area (Å²) in [5.74, 6) is 0.757. The zero-order valence-electron chi connectivity index (χ0n) is 14.1. The zero-order chi connectivity index (χ0) is 16.7. The van der Waals surface area contributed by atoms with Crippen molar-refractivity contribution >= 4 is 33.3 Å². The minimum atomic E-state index is 0.411. The first-order valence-corrected chi connectivity index (χ1v) is 8.23. The molecule has 24 heavy (non-hydrogen) atoms. The largest absolute Gasteiger partial charge is 0.339 e. The third-order valence-corrected chi connectivity index (χ3v) is 4.30. The molecule has 4 rings (SSSR count). The molecule has 4 heteroatoms. The van der Waals surface area contributed by atoms with Gasteiger partial charge in [-0.25, -0.2) is 0 Å². The molecule has 0 aliphatic heterocycles. The minimum Gasteiger partial charge on any atom is -0.339 e. The van der Waals surface area contributed by atoms with Crippen LogP contribution in [0, 0.1) is 6.92 Å². The van der Waals surface area contributed by atoms with E-state index in [2.05, 4.69) is 76.4 Å². The van der Waals surface area contributed by atoms with Crippen LogP contribution in [0.1, 0.15) is 25.6 Å². The number of hydrogen-bond donors (Lipinski definition) is 1. The van der Waals surface area contributed by atoms with Crippen molar-refractivity contribution < 1.29 is 0 Å². The Hall–Kier alpha value is -2.88. The van der Waals surface area contributed by atoms with Crippen molar-refractivity contribution in [2.24, 2.45) is 0 Å². The first-order chi connectivity index (χ1) is 11.6. The summed E-state index contributed by atoms with van der Waals surface area (Å²) in [5, 5.41) is 14.2. The molecule has 0 saturated carbocycles. The highest BCUT2D eigenvalue weighted by Crippen LogP contribution is 2.33. The highest BCUT2D eigenvalue weighted by Gasteiger charge is 2.12. The standard InChI is InChI=1S/C20H20N4/c1-13(2)24-18-7-5-4-6-16(18)17-12-15(9-10-19(17)24)21-20-11-8-14(3)22-23-20/h4-13H,1-3H3,(H,21,23). The van der Waals surface area contributed by atoms with E-state index in [0.29, 0.717) is 6.04 Å². The van der Waals surface area contributed by atoms with Gasteiger partial charge in [-0.3, -0.25) is 0 Å². The zero-order valence-corrected chi connectivity index (χ0v) is 14.1. The second-order valence-electron chi connectivity index (χ2n) is 6.40. The molecule has 120 valence electrons. The molecule has 0 amide bonds. The van der Waals surface area contributed by atoms with Crippen LogP contribution >= 0.6 is 0 Å². The molecule has 2 aromatic carbocycles. The van der Waals surface area contributed by atoms with Gasteiger partial charge in [0.1, 0.15) is 0 Å². The fourth-order valence-electron chi connectivity index (χ4n) is 3.25. The van der Waals surface area contributed by atoms with Crippen LogP contribution in [0.15, 0.2) is 54.6 Å². The second-order valence-corrected chi connectivity index (χ2v) is 6.40. The lowest BCUT2D eigenvalue weighted by Gasteiger charge is -2.11. The molecule has 4 aromatic rings. The summed E-state index contributed by atoms with van der Waals surface area (Å²) < 4.78 is 2.39. The average Bonchev–Trinajstić information content (AvgIpc) is 2.91. The Labute approximate surface area is 141 Å². The quantitative estimate of drug-likeness (QED) is 0.563. The van der Waals surface area contributed by atoms with Crippen LogP contribution in [0.25, 0.3) is 21.8 Å². The number of para-hydroxylation sites is 1.